The van der Waals surface area contributed by atoms with Crippen LogP contribution < -0.4 is 10.1 Å². The Morgan fingerprint density at radius 3 is 2.48 bits per heavy atom. The standard InChI is InChI=1S/C18H26N4O3/c1-25-16-13-14(5-8-19-16)17(23)20-15-6-11-22(12-7-15)18(24)21-9-3-2-4-10-21/h5,8,13,15H,2-4,6-7,9-12H2,1H3,(H,20,23). The first-order valence-corrected chi connectivity index (χ1v) is 9.02. The minimum absolute atomic E-state index is 0.0945. The Morgan fingerprint density at radius 1 is 1.12 bits per heavy atom. The highest BCUT2D eigenvalue weighted by molar-refractivity contribution is 5.94. The molecule has 3 rings (SSSR count). The van der Waals surface area contributed by atoms with Gasteiger partial charge in [-0.3, -0.25) is 4.79 Å². The summed E-state index contributed by atoms with van der Waals surface area (Å²) in [7, 11) is 1.53. The molecule has 0 bridgehead atoms. The molecule has 1 aromatic heterocycles. The number of methoxy groups -OCH3 is 1. The van der Waals surface area contributed by atoms with Crippen molar-refractivity contribution < 1.29 is 14.3 Å². The zero-order valence-corrected chi connectivity index (χ0v) is 14.7. The van der Waals surface area contributed by atoms with Gasteiger partial charge in [0.05, 0.1) is 7.11 Å². The summed E-state index contributed by atoms with van der Waals surface area (Å²) in [4.78, 5) is 32.8. The van der Waals surface area contributed by atoms with Gasteiger partial charge in [0.2, 0.25) is 5.88 Å². The zero-order chi connectivity index (χ0) is 17.6. The van der Waals surface area contributed by atoms with E-state index in [4.69, 9.17) is 4.74 Å². The van der Waals surface area contributed by atoms with E-state index < -0.39 is 0 Å². The van der Waals surface area contributed by atoms with Crippen LogP contribution in [0.25, 0.3) is 0 Å². The molecule has 7 heteroatoms. The fraction of sp³-hybridized carbons (Fsp3) is 0.611. The Hall–Kier alpha value is -2.31. The first-order chi connectivity index (χ1) is 12.2. The molecule has 3 heterocycles. The minimum Gasteiger partial charge on any atom is -0.481 e. The normalized spacial score (nSPS) is 18.8. The van der Waals surface area contributed by atoms with Crippen LogP contribution in [0.2, 0.25) is 0 Å². The molecule has 2 aliphatic heterocycles. The third-order valence-corrected chi connectivity index (χ3v) is 4.93. The van der Waals surface area contributed by atoms with Gasteiger partial charge < -0.3 is 19.9 Å². The molecule has 0 atom stereocenters. The Morgan fingerprint density at radius 2 is 1.80 bits per heavy atom. The minimum atomic E-state index is -0.124. The number of likely N-dealkylation sites (tertiary alicyclic amines) is 2. The molecule has 2 saturated heterocycles. The van der Waals surface area contributed by atoms with Crippen molar-refractivity contribution in [3.8, 4) is 5.88 Å². The topological polar surface area (TPSA) is 74.8 Å². The molecule has 136 valence electrons. The van der Waals surface area contributed by atoms with Gasteiger partial charge in [-0.1, -0.05) is 0 Å². The summed E-state index contributed by atoms with van der Waals surface area (Å²) in [5, 5.41) is 3.05. The third kappa shape index (κ3) is 4.41. The van der Waals surface area contributed by atoms with Gasteiger partial charge in [-0.25, -0.2) is 9.78 Å². The van der Waals surface area contributed by atoms with E-state index in [-0.39, 0.29) is 18.0 Å². The molecule has 25 heavy (non-hydrogen) atoms. The number of pyridine rings is 1. The fourth-order valence-corrected chi connectivity index (χ4v) is 3.43. The summed E-state index contributed by atoms with van der Waals surface area (Å²) in [6, 6.07) is 3.55. The van der Waals surface area contributed by atoms with Crippen LogP contribution in [0.4, 0.5) is 4.79 Å². The predicted octanol–water partition coefficient (Wildman–Crippen LogP) is 1.89. The number of rotatable bonds is 3. The second kappa shape index (κ2) is 8.18. The number of ether oxygens (including phenoxy) is 1. The van der Waals surface area contributed by atoms with Crippen LogP contribution in [-0.4, -0.2) is 66.1 Å². The number of hydrogen-bond acceptors (Lipinski definition) is 4. The van der Waals surface area contributed by atoms with E-state index in [0.717, 1.165) is 38.8 Å². The number of carbonyl (C=O) groups is 2. The molecule has 0 aliphatic carbocycles. The van der Waals surface area contributed by atoms with E-state index >= 15 is 0 Å². The lowest BCUT2D eigenvalue weighted by atomic mass is 10.0. The van der Waals surface area contributed by atoms with Crippen LogP contribution in [0.1, 0.15) is 42.5 Å². The van der Waals surface area contributed by atoms with Crippen LogP contribution in [-0.2, 0) is 0 Å². The molecule has 7 nitrogen and oxygen atoms in total. The molecule has 0 saturated carbocycles. The summed E-state index contributed by atoms with van der Waals surface area (Å²) in [5.41, 5.74) is 0.540. The first-order valence-electron chi connectivity index (χ1n) is 9.02. The molecule has 1 N–H and O–H groups in total. The Bertz CT molecular complexity index is 608. The van der Waals surface area contributed by atoms with Gasteiger partial charge >= 0.3 is 6.03 Å². The van der Waals surface area contributed by atoms with Crippen molar-refractivity contribution in [2.45, 2.75) is 38.1 Å². The lowest BCUT2D eigenvalue weighted by molar-refractivity contribution is 0.0907. The number of amides is 3. The van der Waals surface area contributed by atoms with Gasteiger partial charge in [0.25, 0.3) is 5.91 Å². The van der Waals surface area contributed by atoms with Gasteiger partial charge in [-0.05, 0) is 38.2 Å². The summed E-state index contributed by atoms with van der Waals surface area (Å²) < 4.78 is 5.05. The highest BCUT2D eigenvalue weighted by atomic mass is 16.5. The van der Waals surface area contributed by atoms with Crippen LogP contribution >= 0.6 is 0 Å². The second-order valence-electron chi connectivity index (χ2n) is 6.65. The van der Waals surface area contributed by atoms with E-state index in [1.165, 1.54) is 13.5 Å². The first kappa shape index (κ1) is 17.5. The van der Waals surface area contributed by atoms with Gasteiger partial charge in [-0.15, -0.1) is 0 Å². The van der Waals surface area contributed by atoms with Crippen LogP contribution in [0.15, 0.2) is 18.3 Å². The number of piperidine rings is 2. The Kier molecular flexibility index (Phi) is 5.73. The van der Waals surface area contributed by atoms with Crippen LogP contribution in [0.5, 0.6) is 5.88 Å². The van der Waals surface area contributed by atoms with Crippen molar-refractivity contribution in [2.24, 2.45) is 0 Å². The van der Waals surface area contributed by atoms with E-state index in [1.807, 2.05) is 9.80 Å². The molecule has 1 aromatic rings. The van der Waals surface area contributed by atoms with Crippen molar-refractivity contribution in [1.29, 1.82) is 0 Å². The van der Waals surface area contributed by atoms with Gasteiger partial charge in [0, 0.05) is 50.0 Å². The number of nitrogens with zero attached hydrogens (tertiary/aromatic N) is 3. The summed E-state index contributed by atoms with van der Waals surface area (Å²) >= 11 is 0. The molecular formula is C18H26N4O3. The average molecular weight is 346 g/mol. The number of aromatic nitrogens is 1. The SMILES string of the molecule is COc1cc(C(=O)NC2CCN(C(=O)N3CCCCC3)CC2)ccn1. The maximum Gasteiger partial charge on any atom is 0.319 e. The van der Waals surface area contributed by atoms with Gasteiger partial charge in [0.15, 0.2) is 0 Å². The largest absolute Gasteiger partial charge is 0.481 e. The number of nitrogens with one attached hydrogen (secondary N) is 1. The number of carbonyl (C=O) groups excluding carboxylic acids is 2. The van der Waals surface area contributed by atoms with Crippen LogP contribution in [0, 0.1) is 0 Å². The molecule has 2 fully saturated rings. The molecule has 0 unspecified atom stereocenters. The Labute approximate surface area is 148 Å². The average Bonchev–Trinajstić information content (AvgIpc) is 2.68. The quantitative estimate of drug-likeness (QED) is 0.907. The van der Waals surface area contributed by atoms with Crippen molar-refractivity contribution in [2.75, 3.05) is 33.3 Å². The van der Waals surface area contributed by atoms with Crippen molar-refractivity contribution in [1.82, 2.24) is 20.1 Å². The monoisotopic (exact) mass is 346 g/mol. The van der Waals surface area contributed by atoms with E-state index in [1.54, 1.807) is 18.3 Å². The van der Waals surface area contributed by atoms with Gasteiger partial charge in [-0.2, -0.15) is 0 Å². The van der Waals surface area contributed by atoms with Gasteiger partial charge in [0.1, 0.15) is 0 Å². The second-order valence-corrected chi connectivity index (χ2v) is 6.65. The summed E-state index contributed by atoms with van der Waals surface area (Å²) in [6.45, 7) is 3.14. The molecular weight excluding hydrogens is 320 g/mol. The highest BCUT2D eigenvalue weighted by Gasteiger charge is 2.27. The number of urea groups is 1. The molecule has 0 spiro atoms. The van der Waals surface area contributed by atoms with Crippen LogP contribution in [0.3, 0.4) is 0 Å². The smallest absolute Gasteiger partial charge is 0.319 e. The van der Waals surface area contributed by atoms with Crippen molar-refractivity contribution >= 4 is 11.9 Å². The van der Waals surface area contributed by atoms with E-state index in [2.05, 4.69) is 10.3 Å². The number of hydrogen-bond donors (Lipinski definition) is 1. The molecule has 0 radical (unpaired) electrons. The molecule has 0 aromatic carbocycles. The lowest BCUT2D eigenvalue weighted by Gasteiger charge is -2.37. The maximum atomic E-state index is 12.5. The molecule has 3 amide bonds. The zero-order valence-electron chi connectivity index (χ0n) is 14.7. The van der Waals surface area contributed by atoms with Crippen molar-refractivity contribution in [3.05, 3.63) is 23.9 Å². The summed E-state index contributed by atoms with van der Waals surface area (Å²) in [5.74, 6) is 0.302. The lowest BCUT2D eigenvalue weighted by Crippen LogP contribution is -2.51. The molecule has 2 aliphatic rings. The third-order valence-electron chi connectivity index (χ3n) is 4.93. The predicted molar refractivity (Wildman–Crippen MR) is 93.7 cm³/mol. The van der Waals surface area contributed by atoms with E-state index in [0.29, 0.717) is 24.5 Å². The van der Waals surface area contributed by atoms with E-state index in [9.17, 15) is 9.59 Å². The highest BCUT2D eigenvalue weighted by Crippen LogP contribution is 2.17. The van der Waals surface area contributed by atoms with Crippen molar-refractivity contribution in [3.63, 3.8) is 0 Å². The Balaban J connectivity index is 1.48. The summed E-state index contributed by atoms with van der Waals surface area (Å²) in [6.07, 6.45) is 6.56. The fourth-order valence-electron chi connectivity index (χ4n) is 3.43. The maximum absolute atomic E-state index is 12.5.